The van der Waals surface area contributed by atoms with E-state index in [2.05, 4.69) is 9.97 Å². The van der Waals surface area contributed by atoms with Crippen molar-refractivity contribution in [3.05, 3.63) is 35.5 Å². The number of thiazole rings is 1. The van der Waals surface area contributed by atoms with Gasteiger partial charge < -0.3 is 4.90 Å². The summed E-state index contributed by atoms with van der Waals surface area (Å²) in [5.41, 5.74) is 1.38. The highest BCUT2D eigenvalue weighted by Crippen LogP contribution is 2.22. The molecule has 0 spiro atoms. The summed E-state index contributed by atoms with van der Waals surface area (Å²) in [6.07, 6.45) is 7.69. The van der Waals surface area contributed by atoms with Crippen LogP contribution in [0.1, 0.15) is 42.6 Å². The number of amides is 1. The predicted octanol–water partition coefficient (Wildman–Crippen LogP) is 3.61. The van der Waals surface area contributed by atoms with Gasteiger partial charge in [0.15, 0.2) is 0 Å². The Hall–Kier alpha value is -1.75. The van der Waals surface area contributed by atoms with Gasteiger partial charge in [-0.05, 0) is 25.0 Å². The second-order valence-corrected chi connectivity index (χ2v) is 6.17. The average Bonchev–Trinajstić information content (AvgIpc) is 2.97. The second-order valence-electron chi connectivity index (χ2n) is 5.31. The van der Waals surface area contributed by atoms with E-state index in [9.17, 15) is 4.79 Å². The van der Waals surface area contributed by atoms with Crippen molar-refractivity contribution in [1.82, 2.24) is 14.9 Å². The topological polar surface area (TPSA) is 46.1 Å². The number of pyridine rings is 1. The summed E-state index contributed by atoms with van der Waals surface area (Å²) in [7, 11) is 0. The molecule has 110 valence electrons. The smallest absolute Gasteiger partial charge is 0.273 e. The first kappa shape index (κ1) is 14.2. The highest BCUT2D eigenvalue weighted by Gasteiger charge is 2.19. The standard InChI is InChI=1S/C16H19N3OS/c20-16(19-10-6-2-1-3-7-11-19)14-12-21-15(18-14)13-8-4-5-9-17-13/h4-5,8-9,12H,1-3,6-7,10-11H2. The predicted molar refractivity (Wildman–Crippen MR) is 84.3 cm³/mol. The summed E-state index contributed by atoms with van der Waals surface area (Å²) in [5.74, 6) is 0.0651. The number of hydrogen-bond donors (Lipinski definition) is 0. The van der Waals surface area contributed by atoms with Crippen LogP contribution in [-0.2, 0) is 0 Å². The lowest BCUT2D eigenvalue weighted by Gasteiger charge is -2.23. The molecule has 4 nitrogen and oxygen atoms in total. The fourth-order valence-electron chi connectivity index (χ4n) is 2.59. The minimum absolute atomic E-state index is 0.0651. The van der Waals surface area contributed by atoms with Gasteiger partial charge in [0.1, 0.15) is 10.7 Å². The van der Waals surface area contributed by atoms with Gasteiger partial charge in [-0.2, -0.15) is 0 Å². The molecule has 1 saturated heterocycles. The summed E-state index contributed by atoms with van der Waals surface area (Å²) in [5, 5.41) is 2.66. The molecule has 1 aliphatic rings. The molecule has 0 aliphatic carbocycles. The molecule has 0 saturated carbocycles. The molecule has 0 radical (unpaired) electrons. The Bertz CT molecular complexity index is 589. The van der Waals surface area contributed by atoms with E-state index >= 15 is 0 Å². The van der Waals surface area contributed by atoms with Crippen molar-refractivity contribution in [1.29, 1.82) is 0 Å². The lowest BCUT2D eigenvalue weighted by Crippen LogP contribution is -2.34. The summed E-state index contributed by atoms with van der Waals surface area (Å²) < 4.78 is 0. The Morgan fingerprint density at radius 3 is 2.57 bits per heavy atom. The Balaban J connectivity index is 1.74. The lowest BCUT2D eigenvalue weighted by atomic mass is 10.1. The third kappa shape index (κ3) is 3.47. The number of carbonyl (C=O) groups is 1. The zero-order valence-corrected chi connectivity index (χ0v) is 12.8. The Kier molecular flexibility index (Phi) is 4.60. The third-order valence-electron chi connectivity index (χ3n) is 3.75. The van der Waals surface area contributed by atoms with Crippen molar-refractivity contribution in [2.45, 2.75) is 32.1 Å². The molecule has 0 N–H and O–H groups in total. The third-order valence-corrected chi connectivity index (χ3v) is 4.62. The molecule has 1 fully saturated rings. The van der Waals surface area contributed by atoms with Gasteiger partial charge in [-0.1, -0.05) is 25.3 Å². The van der Waals surface area contributed by atoms with Crippen molar-refractivity contribution in [2.75, 3.05) is 13.1 Å². The maximum absolute atomic E-state index is 12.6. The Morgan fingerprint density at radius 2 is 1.86 bits per heavy atom. The minimum Gasteiger partial charge on any atom is -0.337 e. The van der Waals surface area contributed by atoms with Crippen LogP contribution < -0.4 is 0 Å². The monoisotopic (exact) mass is 301 g/mol. The number of hydrogen-bond acceptors (Lipinski definition) is 4. The summed E-state index contributed by atoms with van der Waals surface area (Å²) in [6, 6.07) is 5.73. The molecule has 1 amide bonds. The molecular weight excluding hydrogens is 282 g/mol. The molecule has 0 atom stereocenters. The van der Waals surface area contributed by atoms with Crippen LogP contribution in [-0.4, -0.2) is 33.9 Å². The van der Waals surface area contributed by atoms with Gasteiger partial charge >= 0.3 is 0 Å². The molecule has 5 heteroatoms. The maximum atomic E-state index is 12.6. The number of nitrogens with zero attached hydrogens (tertiary/aromatic N) is 3. The van der Waals surface area contributed by atoms with E-state index in [0.29, 0.717) is 5.69 Å². The molecule has 2 aromatic heterocycles. The molecular formula is C16H19N3OS. The highest BCUT2D eigenvalue weighted by molar-refractivity contribution is 7.13. The van der Waals surface area contributed by atoms with E-state index in [1.807, 2.05) is 28.5 Å². The zero-order valence-electron chi connectivity index (χ0n) is 12.0. The summed E-state index contributed by atoms with van der Waals surface area (Å²) >= 11 is 1.48. The van der Waals surface area contributed by atoms with Gasteiger partial charge in [0, 0.05) is 24.7 Å². The lowest BCUT2D eigenvalue weighted by molar-refractivity contribution is 0.0737. The first-order valence-electron chi connectivity index (χ1n) is 7.51. The second kappa shape index (κ2) is 6.80. The van der Waals surface area contributed by atoms with Crippen LogP contribution in [0.3, 0.4) is 0 Å². The van der Waals surface area contributed by atoms with Crippen molar-refractivity contribution in [3.63, 3.8) is 0 Å². The van der Waals surface area contributed by atoms with Crippen molar-refractivity contribution in [2.24, 2.45) is 0 Å². The van der Waals surface area contributed by atoms with Crippen molar-refractivity contribution >= 4 is 17.2 Å². The zero-order chi connectivity index (χ0) is 14.5. The van der Waals surface area contributed by atoms with Crippen LogP contribution in [0.4, 0.5) is 0 Å². The van der Waals surface area contributed by atoms with Gasteiger partial charge in [0.05, 0.1) is 5.69 Å². The number of likely N-dealkylation sites (tertiary alicyclic amines) is 1. The molecule has 0 unspecified atom stereocenters. The van der Waals surface area contributed by atoms with E-state index in [1.54, 1.807) is 6.20 Å². The molecule has 1 aliphatic heterocycles. The van der Waals surface area contributed by atoms with Gasteiger partial charge in [-0.25, -0.2) is 4.98 Å². The normalized spacial score (nSPS) is 16.3. The Labute approximate surface area is 128 Å². The summed E-state index contributed by atoms with van der Waals surface area (Å²) in [4.78, 5) is 23.3. The van der Waals surface area contributed by atoms with Gasteiger partial charge in [-0.3, -0.25) is 9.78 Å². The maximum Gasteiger partial charge on any atom is 0.273 e. The van der Waals surface area contributed by atoms with Crippen molar-refractivity contribution in [3.8, 4) is 10.7 Å². The van der Waals surface area contributed by atoms with Crippen LogP contribution >= 0.6 is 11.3 Å². The van der Waals surface area contributed by atoms with Crippen LogP contribution in [0, 0.1) is 0 Å². The molecule has 3 heterocycles. The summed E-state index contributed by atoms with van der Waals surface area (Å²) in [6.45, 7) is 1.71. The van der Waals surface area contributed by atoms with E-state index in [0.717, 1.165) is 36.6 Å². The van der Waals surface area contributed by atoms with Crippen LogP contribution in [0.2, 0.25) is 0 Å². The van der Waals surface area contributed by atoms with Crippen LogP contribution in [0.25, 0.3) is 10.7 Å². The largest absolute Gasteiger partial charge is 0.337 e. The van der Waals surface area contributed by atoms with Gasteiger partial charge in [0.25, 0.3) is 5.91 Å². The van der Waals surface area contributed by atoms with E-state index in [4.69, 9.17) is 0 Å². The van der Waals surface area contributed by atoms with Gasteiger partial charge in [0.2, 0.25) is 0 Å². The highest BCUT2D eigenvalue weighted by atomic mass is 32.1. The quantitative estimate of drug-likeness (QED) is 0.851. The van der Waals surface area contributed by atoms with Crippen molar-refractivity contribution < 1.29 is 4.79 Å². The number of aromatic nitrogens is 2. The Morgan fingerprint density at radius 1 is 1.10 bits per heavy atom. The molecule has 3 rings (SSSR count). The molecule has 0 aromatic carbocycles. The van der Waals surface area contributed by atoms with E-state index in [1.165, 1.54) is 30.6 Å². The van der Waals surface area contributed by atoms with E-state index in [-0.39, 0.29) is 5.91 Å². The number of carbonyl (C=O) groups excluding carboxylic acids is 1. The van der Waals surface area contributed by atoms with E-state index < -0.39 is 0 Å². The fourth-order valence-corrected chi connectivity index (χ4v) is 3.36. The first-order chi connectivity index (χ1) is 10.3. The SMILES string of the molecule is O=C(c1csc(-c2ccccn2)n1)N1CCCCCCC1. The van der Waals surface area contributed by atoms with Crippen LogP contribution in [0.15, 0.2) is 29.8 Å². The van der Waals surface area contributed by atoms with Gasteiger partial charge in [-0.15, -0.1) is 11.3 Å². The molecule has 2 aromatic rings. The first-order valence-corrected chi connectivity index (χ1v) is 8.39. The van der Waals surface area contributed by atoms with Crippen LogP contribution in [0.5, 0.6) is 0 Å². The molecule has 21 heavy (non-hydrogen) atoms. The minimum atomic E-state index is 0.0651. The number of rotatable bonds is 2. The average molecular weight is 301 g/mol. The molecule has 0 bridgehead atoms. The fraction of sp³-hybridized carbons (Fsp3) is 0.438.